The van der Waals surface area contributed by atoms with Crippen molar-refractivity contribution in [1.82, 2.24) is 4.90 Å². The van der Waals surface area contributed by atoms with E-state index in [1.807, 2.05) is 0 Å². The van der Waals surface area contributed by atoms with E-state index >= 15 is 0 Å². The van der Waals surface area contributed by atoms with Crippen LogP contribution in [0, 0.1) is 0 Å². The molecule has 0 bridgehead atoms. The van der Waals surface area contributed by atoms with Crippen molar-refractivity contribution in [2.45, 2.75) is 52.1 Å². The van der Waals surface area contributed by atoms with Crippen LogP contribution in [0.1, 0.15) is 45.1 Å². The summed E-state index contributed by atoms with van der Waals surface area (Å²) in [7, 11) is 0. The van der Waals surface area contributed by atoms with Gasteiger partial charge in [0.1, 0.15) is 0 Å². The van der Waals surface area contributed by atoms with Gasteiger partial charge in [-0.3, -0.25) is 4.90 Å². The van der Waals surface area contributed by atoms with Crippen molar-refractivity contribution < 1.29 is 0 Å². The molecule has 1 aliphatic carbocycles. The average Bonchev–Trinajstić information content (AvgIpc) is 2.49. The normalized spacial score (nSPS) is 16.2. The van der Waals surface area contributed by atoms with E-state index in [0.717, 1.165) is 13.1 Å². The van der Waals surface area contributed by atoms with Crippen LogP contribution in [0.3, 0.4) is 0 Å². The molecule has 20 heavy (non-hydrogen) atoms. The lowest BCUT2D eigenvalue weighted by atomic mass is 10.0. The molecule has 0 saturated carbocycles. The molecule has 1 nitrogen and oxygen atoms in total. The second-order valence-corrected chi connectivity index (χ2v) is 5.82. The molecule has 0 heterocycles. The molecule has 0 unspecified atom stereocenters. The predicted octanol–water partition coefficient (Wildman–Crippen LogP) is 4.95. The van der Waals surface area contributed by atoms with Crippen molar-refractivity contribution in [1.29, 1.82) is 0 Å². The molecule has 0 fully saturated rings. The number of allylic oxidation sites excluding steroid dienone is 3. The minimum Gasteiger partial charge on any atom is -0.292 e. The Morgan fingerprint density at radius 1 is 1.15 bits per heavy atom. The van der Waals surface area contributed by atoms with Crippen molar-refractivity contribution in [2.24, 2.45) is 0 Å². The molecule has 1 aliphatic rings. The quantitative estimate of drug-likeness (QED) is 0.676. The van der Waals surface area contributed by atoms with E-state index in [1.165, 1.54) is 31.2 Å². The van der Waals surface area contributed by atoms with Crippen LogP contribution < -0.4 is 0 Å². The Balaban J connectivity index is 2.03. The molecule has 0 N–H and O–H groups in total. The Bertz CT molecular complexity index is 444. The van der Waals surface area contributed by atoms with Crippen LogP contribution >= 0.6 is 0 Å². The van der Waals surface area contributed by atoms with E-state index in [0.29, 0.717) is 6.04 Å². The zero-order valence-corrected chi connectivity index (χ0v) is 12.9. The molecular formula is C19H27N. The van der Waals surface area contributed by atoms with E-state index in [4.69, 9.17) is 0 Å². The van der Waals surface area contributed by atoms with Gasteiger partial charge < -0.3 is 0 Å². The first kappa shape index (κ1) is 15.1. The fraction of sp³-hybridized carbons (Fsp3) is 0.474. The van der Waals surface area contributed by atoms with Gasteiger partial charge in [0.15, 0.2) is 0 Å². The van der Waals surface area contributed by atoms with Gasteiger partial charge in [-0.15, -0.1) is 0 Å². The van der Waals surface area contributed by atoms with Crippen LogP contribution in [-0.2, 0) is 6.54 Å². The lowest BCUT2D eigenvalue weighted by Gasteiger charge is -2.30. The van der Waals surface area contributed by atoms with Gasteiger partial charge in [0.25, 0.3) is 0 Å². The maximum absolute atomic E-state index is 2.63. The molecule has 1 aromatic carbocycles. The zero-order chi connectivity index (χ0) is 14.2. The van der Waals surface area contributed by atoms with Crippen molar-refractivity contribution in [3.05, 3.63) is 59.7 Å². The van der Waals surface area contributed by atoms with E-state index in [1.54, 1.807) is 5.57 Å². The highest BCUT2D eigenvalue weighted by Gasteiger charge is 2.15. The van der Waals surface area contributed by atoms with Gasteiger partial charge >= 0.3 is 0 Å². The maximum atomic E-state index is 2.63. The van der Waals surface area contributed by atoms with Crippen molar-refractivity contribution in [2.75, 3.05) is 6.54 Å². The second-order valence-electron chi connectivity index (χ2n) is 5.82. The first-order valence-corrected chi connectivity index (χ1v) is 7.92. The Morgan fingerprint density at radius 3 is 2.60 bits per heavy atom. The third-order valence-electron chi connectivity index (χ3n) is 4.06. The third-order valence-corrected chi connectivity index (χ3v) is 4.06. The molecule has 0 spiro atoms. The topological polar surface area (TPSA) is 3.24 Å². The largest absolute Gasteiger partial charge is 0.292 e. The summed E-state index contributed by atoms with van der Waals surface area (Å²) in [5.41, 5.74) is 2.99. The predicted molar refractivity (Wildman–Crippen MR) is 87.7 cm³/mol. The Hall–Kier alpha value is -1.34. The first-order valence-electron chi connectivity index (χ1n) is 7.92. The maximum Gasteiger partial charge on any atom is 0.0239 e. The highest BCUT2D eigenvalue weighted by atomic mass is 15.1. The lowest BCUT2D eigenvalue weighted by Crippen LogP contribution is -2.34. The van der Waals surface area contributed by atoms with Crippen LogP contribution in [0.15, 0.2) is 54.1 Å². The summed E-state index contributed by atoms with van der Waals surface area (Å²) in [6.07, 6.45) is 11.7. The number of hydrogen-bond donors (Lipinski definition) is 0. The van der Waals surface area contributed by atoms with Gasteiger partial charge in [-0.25, -0.2) is 0 Å². The number of rotatable bonds is 7. The van der Waals surface area contributed by atoms with E-state index in [2.05, 4.69) is 67.3 Å². The van der Waals surface area contributed by atoms with Crippen LogP contribution in [0.5, 0.6) is 0 Å². The van der Waals surface area contributed by atoms with Gasteiger partial charge in [0.05, 0.1) is 0 Å². The number of hydrogen-bond acceptors (Lipinski definition) is 1. The summed E-state index contributed by atoms with van der Waals surface area (Å²) in [4.78, 5) is 2.63. The summed E-state index contributed by atoms with van der Waals surface area (Å²) in [5, 5.41) is 0. The molecule has 0 radical (unpaired) electrons. The molecule has 2 rings (SSSR count). The second kappa shape index (κ2) is 8.06. The molecule has 1 atom stereocenters. The summed E-state index contributed by atoms with van der Waals surface area (Å²) in [6.45, 7) is 6.81. The van der Waals surface area contributed by atoms with Gasteiger partial charge in [-0.1, -0.05) is 67.5 Å². The molecule has 0 saturated heterocycles. The molecule has 1 aromatic rings. The first-order chi connectivity index (χ1) is 9.79. The summed E-state index contributed by atoms with van der Waals surface area (Å²) in [6, 6.07) is 11.5. The van der Waals surface area contributed by atoms with Crippen LogP contribution in [0.4, 0.5) is 0 Å². The van der Waals surface area contributed by atoms with Crippen LogP contribution in [0.25, 0.3) is 0 Å². The van der Waals surface area contributed by atoms with Crippen molar-refractivity contribution >= 4 is 0 Å². The number of nitrogens with zero attached hydrogens (tertiary/aromatic N) is 1. The molecule has 0 aliphatic heterocycles. The average molecular weight is 269 g/mol. The van der Waals surface area contributed by atoms with Crippen molar-refractivity contribution in [3.8, 4) is 0 Å². The molecule has 0 amide bonds. The zero-order valence-electron chi connectivity index (χ0n) is 12.9. The number of benzene rings is 1. The highest BCUT2D eigenvalue weighted by Crippen LogP contribution is 2.18. The van der Waals surface area contributed by atoms with Gasteiger partial charge in [-0.2, -0.15) is 0 Å². The van der Waals surface area contributed by atoms with Gasteiger partial charge in [0, 0.05) is 19.1 Å². The van der Waals surface area contributed by atoms with Crippen molar-refractivity contribution in [3.63, 3.8) is 0 Å². The Morgan fingerprint density at radius 2 is 1.95 bits per heavy atom. The van der Waals surface area contributed by atoms with E-state index < -0.39 is 0 Å². The lowest BCUT2D eigenvalue weighted by molar-refractivity contribution is 0.205. The Kier molecular flexibility index (Phi) is 6.07. The summed E-state index contributed by atoms with van der Waals surface area (Å²) < 4.78 is 0. The molecule has 1 heteroatoms. The monoisotopic (exact) mass is 269 g/mol. The summed E-state index contributed by atoms with van der Waals surface area (Å²) >= 11 is 0. The van der Waals surface area contributed by atoms with E-state index in [-0.39, 0.29) is 0 Å². The summed E-state index contributed by atoms with van der Waals surface area (Å²) in [5.74, 6) is 0. The fourth-order valence-electron chi connectivity index (χ4n) is 2.83. The fourth-order valence-corrected chi connectivity index (χ4v) is 2.83. The minimum atomic E-state index is 0.645. The third kappa shape index (κ3) is 4.64. The standard InChI is InChI=1S/C19H27N/c1-3-10-17(2)20(15-18-11-6-4-7-12-18)16-19-13-8-5-9-14-19/h4-8,11-13,17H,3,9-10,14-16H2,1-2H3/t17-/m1/s1. The SMILES string of the molecule is CCC[C@@H](C)N(CC1=CC=CCC1)Cc1ccccc1. The van der Waals surface area contributed by atoms with E-state index in [9.17, 15) is 0 Å². The van der Waals surface area contributed by atoms with Crippen LogP contribution in [0.2, 0.25) is 0 Å². The highest BCUT2D eigenvalue weighted by molar-refractivity contribution is 5.20. The molecule has 0 aromatic heterocycles. The van der Waals surface area contributed by atoms with Gasteiger partial charge in [-0.05, 0) is 31.7 Å². The molecule has 108 valence electrons. The smallest absolute Gasteiger partial charge is 0.0239 e. The van der Waals surface area contributed by atoms with Crippen LogP contribution in [-0.4, -0.2) is 17.5 Å². The van der Waals surface area contributed by atoms with Gasteiger partial charge in [0.2, 0.25) is 0 Å². The molecular weight excluding hydrogens is 242 g/mol. The Labute approximate surface area is 124 Å². The minimum absolute atomic E-state index is 0.645.